The number of carbonyl (C=O) groups is 1. The fourth-order valence-corrected chi connectivity index (χ4v) is 0.0589. The maximum Gasteiger partial charge on any atom is 0.461 e. The van der Waals surface area contributed by atoms with Gasteiger partial charge < -0.3 is 0 Å². The molecule has 0 aromatic heterocycles. The summed E-state index contributed by atoms with van der Waals surface area (Å²) in [5, 5.41) is 10.8. The molecule has 0 unspecified atom stereocenters. The molecule has 0 bridgehead atoms. The first-order valence-electron chi connectivity index (χ1n) is 1.20. The average molecular weight is 84.1 g/mol. The fourth-order valence-electron chi connectivity index (χ4n) is 0.0589. The summed E-state index contributed by atoms with van der Waals surface area (Å²) >= 11 is 0. The standard InChI is InChI=1S/C3H2NO2/c1-2-4-3(5)6/h1,4H. The van der Waals surface area contributed by atoms with Crippen LogP contribution in [0, 0.1) is 12.5 Å². The molecular weight excluding hydrogens is 82.0 g/mol. The van der Waals surface area contributed by atoms with Gasteiger partial charge in [0.2, 0.25) is 0 Å². The summed E-state index contributed by atoms with van der Waals surface area (Å²) < 4.78 is 0. The van der Waals surface area contributed by atoms with Gasteiger partial charge in [-0.15, -0.1) is 0 Å². The van der Waals surface area contributed by atoms with Crippen LogP contribution in [0.5, 0.6) is 0 Å². The van der Waals surface area contributed by atoms with Crippen molar-refractivity contribution in [3.8, 4) is 12.5 Å². The molecule has 0 rings (SSSR count). The number of rotatable bonds is 0. The van der Waals surface area contributed by atoms with E-state index in [-0.39, 0.29) is 0 Å². The third kappa shape index (κ3) is 2.83. The van der Waals surface area contributed by atoms with E-state index in [4.69, 9.17) is 0 Å². The van der Waals surface area contributed by atoms with Gasteiger partial charge in [0.1, 0.15) is 0 Å². The lowest BCUT2D eigenvalue weighted by Gasteiger charge is -1.73. The van der Waals surface area contributed by atoms with Crippen molar-refractivity contribution in [2.75, 3.05) is 0 Å². The van der Waals surface area contributed by atoms with E-state index in [1.54, 1.807) is 11.4 Å². The van der Waals surface area contributed by atoms with E-state index in [9.17, 15) is 9.90 Å². The molecule has 0 atom stereocenters. The molecule has 1 amide bonds. The van der Waals surface area contributed by atoms with Crippen molar-refractivity contribution in [2.24, 2.45) is 0 Å². The van der Waals surface area contributed by atoms with Crippen molar-refractivity contribution >= 4 is 6.09 Å². The highest BCUT2D eigenvalue weighted by Crippen LogP contribution is 1.51. The van der Waals surface area contributed by atoms with Gasteiger partial charge in [0.05, 0.1) is 0 Å². The second kappa shape index (κ2) is 2.09. The Kier molecular flexibility index (Phi) is 1.68. The summed E-state index contributed by atoms with van der Waals surface area (Å²) in [5.41, 5.74) is 0. The van der Waals surface area contributed by atoms with Gasteiger partial charge in [-0.2, -0.15) is 0 Å². The van der Waals surface area contributed by atoms with Crippen molar-refractivity contribution in [2.45, 2.75) is 0 Å². The lowest BCUT2D eigenvalue weighted by Crippen LogP contribution is -2.11. The van der Waals surface area contributed by atoms with Crippen molar-refractivity contribution in [3.05, 3.63) is 0 Å². The molecule has 0 spiro atoms. The van der Waals surface area contributed by atoms with E-state index in [2.05, 4.69) is 6.42 Å². The third-order valence-electron chi connectivity index (χ3n) is 0.174. The number of terminal acetylenes is 1. The summed E-state index contributed by atoms with van der Waals surface area (Å²) in [6.45, 7) is 0. The molecule has 0 aromatic rings. The summed E-state index contributed by atoms with van der Waals surface area (Å²) in [6, 6.07) is 1.66. The van der Waals surface area contributed by atoms with Crippen LogP contribution in [0.1, 0.15) is 0 Å². The summed E-state index contributed by atoms with van der Waals surface area (Å²) in [6.07, 6.45) is 3.00. The van der Waals surface area contributed by atoms with Gasteiger partial charge in [0, 0.05) is 6.04 Å². The van der Waals surface area contributed by atoms with Crippen LogP contribution >= 0.6 is 0 Å². The van der Waals surface area contributed by atoms with E-state index >= 15 is 0 Å². The smallest absolute Gasteiger partial charge is 0.247 e. The molecule has 1 N–H and O–H groups in total. The van der Waals surface area contributed by atoms with Crippen molar-refractivity contribution in [1.29, 1.82) is 0 Å². The first-order chi connectivity index (χ1) is 2.77. The Labute approximate surface area is 35.0 Å². The lowest BCUT2D eigenvalue weighted by atomic mass is 11.0. The summed E-state index contributed by atoms with van der Waals surface area (Å²) in [4.78, 5) is 9.23. The molecule has 0 aliphatic rings. The molecule has 6 heavy (non-hydrogen) atoms. The fraction of sp³-hybridized carbons (Fsp3) is 0. The van der Waals surface area contributed by atoms with Crippen molar-refractivity contribution < 1.29 is 9.90 Å². The Morgan fingerprint density at radius 3 is 2.33 bits per heavy atom. The van der Waals surface area contributed by atoms with Gasteiger partial charge in [-0.3, -0.25) is 0 Å². The third-order valence-corrected chi connectivity index (χ3v) is 0.174. The maximum absolute atomic E-state index is 9.23. The number of amides is 1. The molecule has 31 valence electrons. The maximum atomic E-state index is 9.23. The minimum Gasteiger partial charge on any atom is -0.247 e. The monoisotopic (exact) mass is 84.0 g/mol. The highest BCUT2D eigenvalue weighted by molar-refractivity contribution is 5.66. The highest BCUT2D eigenvalue weighted by Gasteiger charge is 1.85. The van der Waals surface area contributed by atoms with E-state index in [1.165, 1.54) is 0 Å². The zero-order chi connectivity index (χ0) is 4.99. The molecule has 3 nitrogen and oxygen atoms in total. The molecular formula is C3H2NO2. The zero-order valence-electron chi connectivity index (χ0n) is 2.89. The van der Waals surface area contributed by atoms with Gasteiger partial charge in [-0.05, 0) is 0 Å². The Balaban J connectivity index is 3.13. The molecule has 1 radical (unpaired) electrons. The van der Waals surface area contributed by atoms with Crippen LogP contribution in [0.15, 0.2) is 0 Å². The average Bonchev–Trinajstić information content (AvgIpc) is 1.35. The van der Waals surface area contributed by atoms with Gasteiger partial charge in [-0.1, -0.05) is 6.42 Å². The molecule has 3 heteroatoms. The van der Waals surface area contributed by atoms with Crippen LogP contribution < -0.4 is 5.32 Å². The molecule has 0 saturated carbocycles. The van der Waals surface area contributed by atoms with Gasteiger partial charge in [0.25, 0.3) is 0 Å². The van der Waals surface area contributed by atoms with Gasteiger partial charge in [0.15, 0.2) is 0 Å². The van der Waals surface area contributed by atoms with Crippen molar-refractivity contribution in [3.63, 3.8) is 0 Å². The van der Waals surface area contributed by atoms with Crippen LogP contribution in [0.25, 0.3) is 0 Å². The van der Waals surface area contributed by atoms with E-state index in [0.717, 1.165) is 0 Å². The van der Waals surface area contributed by atoms with Crippen LogP contribution in [-0.2, 0) is 5.11 Å². The summed E-state index contributed by atoms with van der Waals surface area (Å²) in [7, 11) is 0. The predicted octanol–water partition coefficient (Wildman–Crippen LogP) is -0.283. The van der Waals surface area contributed by atoms with Crippen molar-refractivity contribution in [1.82, 2.24) is 5.32 Å². The Hall–Kier alpha value is -1.17. The van der Waals surface area contributed by atoms with Crippen LogP contribution in [0.2, 0.25) is 0 Å². The Morgan fingerprint density at radius 1 is 1.83 bits per heavy atom. The van der Waals surface area contributed by atoms with Crippen LogP contribution in [0.3, 0.4) is 0 Å². The highest BCUT2D eigenvalue weighted by atomic mass is 16.4. The molecule has 0 fully saturated rings. The molecule has 0 aliphatic carbocycles. The van der Waals surface area contributed by atoms with E-state index in [1.807, 2.05) is 0 Å². The molecule has 0 aromatic carbocycles. The van der Waals surface area contributed by atoms with Crippen LogP contribution in [0.4, 0.5) is 4.79 Å². The van der Waals surface area contributed by atoms with Gasteiger partial charge in [-0.25, -0.2) is 15.2 Å². The number of hydrogen-bond acceptors (Lipinski definition) is 1. The number of carbonyl (C=O) groups excluding carboxylic acids is 1. The Morgan fingerprint density at radius 2 is 2.33 bits per heavy atom. The van der Waals surface area contributed by atoms with E-state index in [0.29, 0.717) is 0 Å². The minimum atomic E-state index is -1.45. The first kappa shape index (κ1) is 4.83. The zero-order valence-corrected chi connectivity index (χ0v) is 2.89. The quantitative estimate of drug-likeness (QED) is 0.318. The first-order valence-corrected chi connectivity index (χ1v) is 1.20. The predicted molar refractivity (Wildman–Crippen MR) is 18.1 cm³/mol. The second-order valence-electron chi connectivity index (χ2n) is 0.557. The summed E-state index contributed by atoms with van der Waals surface area (Å²) in [5.74, 6) is 0. The minimum absolute atomic E-state index is 1.45. The molecule has 0 saturated heterocycles. The number of nitrogens with one attached hydrogen (secondary N) is 1. The van der Waals surface area contributed by atoms with Crippen LogP contribution in [-0.4, -0.2) is 6.09 Å². The molecule has 0 heterocycles. The lowest BCUT2D eigenvalue weighted by molar-refractivity contribution is 0.174. The topological polar surface area (TPSA) is 49.0 Å². The van der Waals surface area contributed by atoms with Gasteiger partial charge >= 0.3 is 6.09 Å². The largest absolute Gasteiger partial charge is 0.461 e. The molecule has 0 aliphatic heterocycles. The van der Waals surface area contributed by atoms with E-state index < -0.39 is 6.09 Å². The Bertz CT molecular complexity index is 91.5. The SMILES string of the molecule is C#CNC([O])=O. The normalized spacial score (nSPS) is 5.83. The second-order valence-corrected chi connectivity index (χ2v) is 0.557. The number of hydrogen-bond donors (Lipinski definition) is 1.